The zero-order valence-electron chi connectivity index (χ0n) is 19.3. The summed E-state index contributed by atoms with van der Waals surface area (Å²) in [5.74, 6) is -0.666. The van der Waals surface area contributed by atoms with Crippen molar-refractivity contribution >= 4 is 5.91 Å². The number of hydrogen-bond acceptors (Lipinski definition) is 5. The highest BCUT2D eigenvalue weighted by atomic mass is 16.3. The summed E-state index contributed by atoms with van der Waals surface area (Å²) in [5, 5.41) is 32.1. The van der Waals surface area contributed by atoms with Gasteiger partial charge in [0.1, 0.15) is 6.33 Å². The number of hydrogen-bond donors (Lipinski definition) is 3. The Hall–Kier alpha value is -4.59. The van der Waals surface area contributed by atoms with E-state index in [9.17, 15) is 15.0 Å². The highest BCUT2D eigenvalue weighted by Gasteiger charge is 2.43. The van der Waals surface area contributed by atoms with Gasteiger partial charge in [-0.25, -0.2) is 4.68 Å². The summed E-state index contributed by atoms with van der Waals surface area (Å²) >= 11 is 0. The molecule has 7 nitrogen and oxygen atoms in total. The third-order valence-electron chi connectivity index (χ3n) is 6.19. The van der Waals surface area contributed by atoms with Crippen LogP contribution >= 0.6 is 0 Å². The third kappa shape index (κ3) is 3.96. The van der Waals surface area contributed by atoms with Crippen molar-refractivity contribution in [3.63, 3.8) is 0 Å². The van der Waals surface area contributed by atoms with E-state index in [-0.39, 0.29) is 5.82 Å². The molecule has 3 N–H and O–H groups in total. The van der Waals surface area contributed by atoms with E-state index in [2.05, 4.69) is 15.6 Å². The van der Waals surface area contributed by atoms with Crippen molar-refractivity contribution in [2.75, 3.05) is 5.43 Å². The number of benzene rings is 4. The summed E-state index contributed by atoms with van der Waals surface area (Å²) in [5.41, 5.74) is 0.843. The van der Waals surface area contributed by atoms with Gasteiger partial charge in [-0.2, -0.15) is 0 Å². The maximum Gasteiger partial charge on any atom is 0.280 e. The minimum Gasteiger partial charge on any atom is -0.373 e. The largest absolute Gasteiger partial charge is 0.373 e. The topological polar surface area (TPSA) is 100 Å². The van der Waals surface area contributed by atoms with Crippen LogP contribution in [0.25, 0.3) is 0 Å². The summed E-state index contributed by atoms with van der Waals surface area (Å²) in [6, 6.07) is 35.4. The Morgan fingerprint density at radius 3 is 1.44 bits per heavy atom. The predicted molar refractivity (Wildman–Crippen MR) is 135 cm³/mol. The van der Waals surface area contributed by atoms with E-state index in [1.807, 2.05) is 48.5 Å². The van der Waals surface area contributed by atoms with Crippen LogP contribution in [0.15, 0.2) is 128 Å². The monoisotopic (exact) mass is 476 g/mol. The number of aromatic nitrogens is 3. The van der Waals surface area contributed by atoms with Crippen molar-refractivity contribution in [3.05, 3.63) is 156 Å². The van der Waals surface area contributed by atoms with Crippen molar-refractivity contribution < 1.29 is 15.0 Å². The van der Waals surface area contributed by atoms with Crippen LogP contribution in [0.4, 0.5) is 0 Å². The molecule has 36 heavy (non-hydrogen) atoms. The minimum atomic E-state index is -2.01. The van der Waals surface area contributed by atoms with Gasteiger partial charge in [0.25, 0.3) is 5.91 Å². The number of nitrogens with zero attached hydrogens (tertiary/aromatic N) is 3. The molecular formula is C29H24N4O3. The van der Waals surface area contributed by atoms with Gasteiger partial charge in [0, 0.05) is 0 Å². The first-order chi connectivity index (χ1) is 17.5. The number of carbonyl (C=O) groups is 1. The molecule has 7 heteroatoms. The molecule has 1 amide bonds. The van der Waals surface area contributed by atoms with Gasteiger partial charge in [0.05, 0.1) is 0 Å². The van der Waals surface area contributed by atoms with Crippen molar-refractivity contribution in [1.82, 2.24) is 14.9 Å². The number of rotatable bonds is 7. The van der Waals surface area contributed by atoms with E-state index in [0.29, 0.717) is 22.3 Å². The molecule has 0 aliphatic carbocycles. The van der Waals surface area contributed by atoms with E-state index < -0.39 is 17.1 Å². The molecule has 0 saturated carbocycles. The van der Waals surface area contributed by atoms with Gasteiger partial charge < -0.3 is 10.2 Å². The zero-order chi connectivity index (χ0) is 25.0. The number of carbonyl (C=O) groups excluding carboxylic acids is 1. The smallest absolute Gasteiger partial charge is 0.280 e. The lowest BCUT2D eigenvalue weighted by Gasteiger charge is -2.31. The minimum absolute atomic E-state index is 0.0664. The summed E-state index contributed by atoms with van der Waals surface area (Å²) in [7, 11) is 0. The van der Waals surface area contributed by atoms with Gasteiger partial charge in [0.2, 0.25) is 0 Å². The Balaban J connectivity index is 1.61. The van der Waals surface area contributed by atoms with Crippen molar-refractivity contribution in [2.24, 2.45) is 0 Å². The van der Waals surface area contributed by atoms with Crippen molar-refractivity contribution in [3.8, 4) is 0 Å². The Morgan fingerprint density at radius 2 is 1.03 bits per heavy atom. The van der Waals surface area contributed by atoms with Gasteiger partial charge in [-0.15, -0.1) is 10.2 Å². The van der Waals surface area contributed by atoms with Crippen LogP contribution in [0.5, 0.6) is 0 Å². The van der Waals surface area contributed by atoms with Crippen LogP contribution in [-0.2, 0) is 16.0 Å². The second-order valence-corrected chi connectivity index (χ2v) is 8.35. The second-order valence-electron chi connectivity index (χ2n) is 8.35. The molecule has 0 unspecified atom stereocenters. The van der Waals surface area contributed by atoms with Crippen LogP contribution in [-0.4, -0.2) is 31.0 Å². The first-order valence-corrected chi connectivity index (χ1v) is 11.4. The average Bonchev–Trinajstić information content (AvgIpc) is 3.42. The van der Waals surface area contributed by atoms with E-state index in [0.717, 1.165) is 0 Å². The predicted octanol–water partition coefficient (Wildman–Crippen LogP) is 3.57. The normalized spacial score (nSPS) is 11.7. The molecule has 5 aromatic rings. The van der Waals surface area contributed by atoms with Gasteiger partial charge >= 0.3 is 0 Å². The van der Waals surface area contributed by atoms with Crippen molar-refractivity contribution in [2.45, 2.75) is 11.2 Å². The van der Waals surface area contributed by atoms with Crippen LogP contribution in [0.3, 0.4) is 0 Å². The summed E-state index contributed by atoms with van der Waals surface area (Å²) in [4.78, 5) is 13.8. The summed E-state index contributed by atoms with van der Waals surface area (Å²) < 4.78 is 1.25. The van der Waals surface area contributed by atoms with Crippen LogP contribution in [0.2, 0.25) is 0 Å². The molecule has 0 aliphatic heterocycles. The molecule has 0 fully saturated rings. The van der Waals surface area contributed by atoms with Gasteiger partial charge in [0.15, 0.2) is 17.0 Å². The lowest BCUT2D eigenvalue weighted by molar-refractivity contribution is -0.132. The fourth-order valence-electron chi connectivity index (χ4n) is 4.32. The Bertz CT molecular complexity index is 1360. The maximum absolute atomic E-state index is 13.8. The molecule has 0 aliphatic rings. The van der Waals surface area contributed by atoms with E-state index in [1.165, 1.54) is 11.0 Å². The Morgan fingerprint density at radius 1 is 0.639 bits per heavy atom. The molecule has 0 atom stereocenters. The average molecular weight is 477 g/mol. The molecule has 0 saturated heterocycles. The highest BCUT2D eigenvalue weighted by Crippen LogP contribution is 2.36. The first kappa shape index (κ1) is 23.2. The van der Waals surface area contributed by atoms with Gasteiger partial charge in [-0.1, -0.05) is 121 Å². The summed E-state index contributed by atoms with van der Waals surface area (Å²) in [6.07, 6.45) is 1.29. The van der Waals surface area contributed by atoms with Gasteiger partial charge in [-0.3, -0.25) is 10.2 Å². The maximum atomic E-state index is 13.8. The molecule has 0 radical (unpaired) electrons. The standard InChI is InChI=1S/C29H24N4O3/c34-27(29(36,24-17-9-3-10-18-24)25-19-11-4-12-20-25)32-33-21-30-31-26(33)28(35,22-13-5-1-6-14-22)23-15-7-2-8-16-23/h1-21,35-36H,(H,32,34). The van der Waals surface area contributed by atoms with Crippen LogP contribution in [0.1, 0.15) is 28.1 Å². The third-order valence-corrected chi connectivity index (χ3v) is 6.19. The number of nitrogens with one attached hydrogen (secondary N) is 1. The second kappa shape index (κ2) is 9.58. The molecule has 178 valence electrons. The fraction of sp³-hybridized carbons (Fsp3) is 0.0690. The Labute approximate surface area is 208 Å². The summed E-state index contributed by atoms with van der Waals surface area (Å²) in [6.45, 7) is 0. The van der Waals surface area contributed by atoms with Crippen LogP contribution in [0, 0.1) is 0 Å². The molecule has 4 aromatic carbocycles. The SMILES string of the molecule is O=C(Nn1cnnc1C(O)(c1ccccc1)c1ccccc1)C(O)(c1ccccc1)c1ccccc1. The molecule has 0 spiro atoms. The van der Waals surface area contributed by atoms with Gasteiger partial charge in [-0.05, 0) is 22.3 Å². The molecule has 1 heterocycles. The van der Waals surface area contributed by atoms with E-state index in [1.54, 1.807) is 72.8 Å². The van der Waals surface area contributed by atoms with Crippen LogP contribution < -0.4 is 5.43 Å². The first-order valence-electron chi connectivity index (χ1n) is 11.4. The van der Waals surface area contributed by atoms with Crippen molar-refractivity contribution in [1.29, 1.82) is 0 Å². The lowest BCUT2D eigenvalue weighted by Crippen LogP contribution is -2.45. The number of amides is 1. The quantitative estimate of drug-likeness (QED) is 0.334. The molecular weight excluding hydrogens is 452 g/mol. The molecule has 1 aromatic heterocycles. The molecule has 0 bridgehead atoms. The van der Waals surface area contributed by atoms with E-state index >= 15 is 0 Å². The highest BCUT2D eigenvalue weighted by molar-refractivity contribution is 5.95. The fourth-order valence-corrected chi connectivity index (χ4v) is 4.32. The number of aliphatic hydroxyl groups is 2. The zero-order valence-corrected chi connectivity index (χ0v) is 19.3. The Kier molecular flexibility index (Phi) is 6.16. The lowest BCUT2D eigenvalue weighted by atomic mass is 9.85. The molecule has 5 rings (SSSR count). The van der Waals surface area contributed by atoms with E-state index in [4.69, 9.17) is 0 Å².